The molecule has 0 aliphatic carbocycles. The monoisotopic (exact) mass is 400 g/mol. The Bertz CT molecular complexity index is 964. The van der Waals surface area contributed by atoms with Crippen molar-refractivity contribution < 1.29 is 8.42 Å². The molecule has 0 amide bonds. The van der Waals surface area contributed by atoms with Gasteiger partial charge in [-0.15, -0.1) is 10.2 Å². The van der Waals surface area contributed by atoms with Crippen LogP contribution in [0.15, 0.2) is 34.2 Å². The van der Waals surface area contributed by atoms with Crippen LogP contribution in [-0.4, -0.2) is 23.6 Å². The number of benzene rings is 1. The number of thiazole rings is 1. The summed E-state index contributed by atoms with van der Waals surface area (Å²) in [6.07, 6.45) is 0.783. The third kappa shape index (κ3) is 3.44. The first-order valence-corrected chi connectivity index (χ1v) is 10.5. The fourth-order valence-corrected chi connectivity index (χ4v) is 5.42. The van der Waals surface area contributed by atoms with Crippen molar-refractivity contribution in [3.8, 4) is 0 Å². The lowest BCUT2D eigenvalue weighted by atomic mass is 10.2. The molecule has 3 rings (SSSR count). The van der Waals surface area contributed by atoms with E-state index in [2.05, 4.69) is 20.5 Å². The Labute approximate surface area is 152 Å². The van der Waals surface area contributed by atoms with Gasteiger partial charge in [0.2, 0.25) is 15.0 Å². The highest BCUT2D eigenvalue weighted by molar-refractivity contribution is 7.91. The zero-order valence-corrected chi connectivity index (χ0v) is 16.0. The quantitative estimate of drug-likeness (QED) is 0.694. The molecule has 24 heavy (non-hydrogen) atoms. The van der Waals surface area contributed by atoms with E-state index >= 15 is 0 Å². The van der Waals surface area contributed by atoms with Crippen molar-refractivity contribution in [2.75, 3.05) is 5.32 Å². The van der Waals surface area contributed by atoms with Gasteiger partial charge in [-0.2, -0.15) is 0 Å². The van der Waals surface area contributed by atoms with Gasteiger partial charge in [-0.05, 0) is 25.5 Å². The molecule has 0 saturated heterocycles. The number of aryl methyl sites for hydroxylation is 2. The number of aromatic nitrogens is 3. The molecule has 0 unspecified atom stereocenters. The summed E-state index contributed by atoms with van der Waals surface area (Å²) in [5.41, 5.74) is 0.976. The van der Waals surface area contributed by atoms with Crippen molar-refractivity contribution in [2.24, 2.45) is 0 Å². The lowest BCUT2D eigenvalue weighted by molar-refractivity contribution is 0.593. The Balaban J connectivity index is 1.91. The Morgan fingerprint density at radius 1 is 1.12 bits per heavy atom. The normalized spacial score (nSPS) is 11.6. The van der Waals surface area contributed by atoms with E-state index in [4.69, 9.17) is 11.6 Å². The van der Waals surface area contributed by atoms with Crippen LogP contribution in [-0.2, 0) is 16.3 Å². The number of rotatable bonds is 5. The molecule has 1 N–H and O–H groups in total. The highest BCUT2D eigenvalue weighted by Gasteiger charge is 2.26. The van der Waals surface area contributed by atoms with Crippen molar-refractivity contribution in [2.45, 2.75) is 30.2 Å². The average Bonchev–Trinajstić information content (AvgIpc) is 3.14. The van der Waals surface area contributed by atoms with Gasteiger partial charge in [-0.25, -0.2) is 13.4 Å². The molecule has 0 spiro atoms. The van der Waals surface area contributed by atoms with Crippen LogP contribution in [0.25, 0.3) is 0 Å². The van der Waals surface area contributed by atoms with Crippen LogP contribution in [0.4, 0.5) is 10.3 Å². The van der Waals surface area contributed by atoms with Crippen molar-refractivity contribution in [3.63, 3.8) is 0 Å². The van der Waals surface area contributed by atoms with Crippen LogP contribution >= 0.6 is 34.3 Å². The van der Waals surface area contributed by atoms with E-state index < -0.39 is 9.84 Å². The lowest BCUT2D eigenvalue weighted by Gasteiger charge is -2.02. The standard InChI is InChI=1S/C14H13ClN4O2S3/c1-3-10-18-19-14(22-10)17-13-16-12(11(15)23-13)24(20,21)9-6-4-8(2)5-7-9/h4-7H,3H2,1-2H3,(H,16,17,19). The topological polar surface area (TPSA) is 84.8 Å². The highest BCUT2D eigenvalue weighted by atomic mass is 35.5. The molecule has 0 aliphatic heterocycles. The second-order valence-corrected chi connectivity index (χ2v) is 9.42. The molecule has 3 aromatic rings. The van der Waals surface area contributed by atoms with Crippen molar-refractivity contribution in [1.29, 1.82) is 0 Å². The molecule has 0 bridgehead atoms. The van der Waals surface area contributed by atoms with Crippen LogP contribution in [0.2, 0.25) is 4.34 Å². The highest BCUT2D eigenvalue weighted by Crippen LogP contribution is 2.36. The van der Waals surface area contributed by atoms with E-state index in [-0.39, 0.29) is 14.3 Å². The van der Waals surface area contributed by atoms with Gasteiger partial charge >= 0.3 is 0 Å². The first-order valence-electron chi connectivity index (χ1n) is 6.97. The first-order chi connectivity index (χ1) is 11.4. The van der Waals surface area contributed by atoms with E-state index in [0.29, 0.717) is 10.3 Å². The van der Waals surface area contributed by atoms with Gasteiger partial charge < -0.3 is 5.32 Å². The SMILES string of the molecule is CCc1nnc(Nc2nc(S(=O)(=O)c3ccc(C)cc3)c(Cl)s2)s1. The first kappa shape index (κ1) is 17.3. The maximum atomic E-state index is 12.7. The second-order valence-electron chi connectivity index (χ2n) is 4.89. The predicted molar refractivity (Wildman–Crippen MR) is 96.3 cm³/mol. The number of hydrogen-bond donors (Lipinski definition) is 1. The van der Waals surface area contributed by atoms with Crippen LogP contribution in [0.5, 0.6) is 0 Å². The Kier molecular flexibility index (Phi) is 4.86. The number of halogens is 1. The van der Waals surface area contributed by atoms with Crippen molar-refractivity contribution >= 4 is 54.4 Å². The summed E-state index contributed by atoms with van der Waals surface area (Å²) in [6, 6.07) is 6.57. The van der Waals surface area contributed by atoms with Gasteiger partial charge in [-0.1, -0.05) is 58.9 Å². The predicted octanol–water partition coefficient (Wildman–Crippen LogP) is 4.10. The number of sulfone groups is 1. The maximum absolute atomic E-state index is 12.7. The second kappa shape index (κ2) is 6.75. The van der Waals surface area contributed by atoms with Crippen LogP contribution < -0.4 is 5.32 Å². The van der Waals surface area contributed by atoms with Gasteiger partial charge in [0.05, 0.1) is 4.90 Å². The van der Waals surface area contributed by atoms with Gasteiger partial charge in [0.25, 0.3) is 0 Å². The summed E-state index contributed by atoms with van der Waals surface area (Å²) in [7, 11) is -3.76. The largest absolute Gasteiger partial charge is 0.306 e. The van der Waals surface area contributed by atoms with Gasteiger partial charge in [0, 0.05) is 0 Å². The van der Waals surface area contributed by atoms with Crippen LogP contribution in [0, 0.1) is 6.92 Å². The summed E-state index contributed by atoms with van der Waals surface area (Å²) in [4.78, 5) is 4.30. The minimum Gasteiger partial charge on any atom is -0.306 e. The fourth-order valence-electron chi connectivity index (χ4n) is 1.87. The average molecular weight is 401 g/mol. The minimum atomic E-state index is -3.76. The molecule has 126 valence electrons. The van der Waals surface area contributed by atoms with E-state index in [9.17, 15) is 8.42 Å². The van der Waals surface area contributed by atoms with Gasteiger partial charge in [0.1, 0.15) is 9.34 Å². The zero-order valence-electron chi connectivity index (χ0n) is 12.8. The molecular formula is C14H13ClN4O2S3. The molecule has 0 radical (unpaired) electrons. The molecule has 0 fully saturated rings. The van der Waals surface area contributed by atoms with Crippen LogP contribution in [0.3, 0.4) is 0 Å². The Morgan fingerprint density at radius 2 is 1.83 bits per heavy atom. The Hall–Kier alpha value is -1.55. The number of nitrogens with one attached hydrogen (secondary N) is 1. The molecule has 0 saturated carbocycles. The molecule has 2 aromatic heterocycles. The molecule has 10 heteroatoms. The molecule has 2 heterocycles. The van der Waals surface area contributed by atoms with E-state index in [0.717, 1.165) is 28.3 Å². The fraction of sp³-hybridized carbons (Fsp3) is 0.214. The third-order valence-electron chi connectivity index (χ3n) is 3.13. The molecule has 0 atom stereocenters. The number of hydrogen-bond acceptors (Lipinski definition) is 8. The summed E-state index contributed by atoms with van der Waals surface area (Å²) in [5.74, 6) is 0. The number of anilines is 2. The summed E-state index contributed by atoms with van der Waals surface area (Å²) < 4.78 is 25.5. The summed E-state index contributed by atoms with van der Waals surface area (Å²) in [6.45, 7) is 3.87. The molecule has 1 aromatic carbocycles. The Morgan fingerprint density at radius 3 is 2.46 bits per heavy atom. The number of nitrogens with zero attached hydrogens (tertiary/aromatic N) is 3. The van der Waals surface area contributed by atoms with Crippen LogP contribution in [0.1, 0.15) is 17.5 Å². The lowest BCUT2D eigenvalue weighted by Crippen LogP contribution is -2.03. The summed E-state index contributed by atoms with van der Waals surface area (Å²) >= 11 is 8.56. The molecule has 6 nitrogen and oxygen atoms in total. The smallest absolute Gasteiger partial charge is 0.226 e. The van der Waals surface area contributed by atoms with Crippen molar-refractivity contribution in [3.05, 3.63) is 39.2 Å². The maximum Gasteiger partial charge on any atom is 0.226 e. The molecular weight excluding hydrogens is 388 g/mol. The van der Waals surface area contributed by atoms with E-state index in [1.54, 1.807) is 24.3 Å². The van der Waals surface area contributed by atoms with Gasteiger partial charge in [0.15, 0.2) is 10.2 Å². The summed E-state index contributed by atoms with van der Waals surface area (Å²) in [5, 5.41) is 12.6. The minimum absolute atomic E-state index is 0.110. The van der Waals surface area contributed by atoms with Gasteiger partial charge in [-0.3, -0.25) is 0 Å². The molecule has 0 aliphatic rings. The van der Waals surface area contributed by atoms with Crippen molar-refractivity contribution in [1.82, 2.24) is 15.2 Å². The van der Waals surface area contributed by atoms with E-state index in [1.807, 2.05) is 13.8 Å². The zero-order chi connectivity index (χ0) is 17.3. The third-order valence-corrected chi connectivity index (χ3v) is 7.22. The van der Waals surface area contributed by atoms with E-state index in [1.165, 1.54) is 11.3 Å².